The van der Waals surface area contributed by atoms with Gasteiger partial charge >= 0.3 is 12.3 Å². The minimum atomic E-state index is -4.35. The quantitative estimate of drug-likeness (QED) is 0.436. The highest BCUT2D eigenvalue weighted by Gasteiger charge is 2.51. The Kier molecular flexibility index (Phi) is 7.65. The van der Waals surface area contributed by atoms with Gasteiger partial charge in [-0.15, -0.1) is 0 Å². The number of β-amino-alcohol motifs (C(OH)–C–C–N with tert-alkyl or cyclic N) is 1. The van der Waals surface area contributed by atoms with Gasteiger partial charge < -0.3 is 19.5 Å². The molecule has 0 saturated carbocycles. The maximum absolute atomic E-state index is 15.0. The number of halogens is 6. The summed E-state index contributed by atoms with van der Waals surface area (Å²) >= 11 is 0. The number of aromatic nitrogens is 3. The monoisotopic (exact) mass is 544 g/mol. The summed E-state index contributed by atoms with van der Waals surface area (Å²) in [7, 11) is 0. The smallest absolute Gasteiger partial charge is 0.340 e. The molecule has 204 valence electrons. The molecule has 38 heavy (non-hydrogen) atoms. The van der Waals surface area contributed by atoms with Gasteiger partial charge in [0.25, 0.3) is 5.91 Å². The van der Waals surface area contributed by atoms with Crippen molar-refractivity contribution in [3.63, 3.8) is 0 Å². The van der Waals surface area contributed by atoms with E-state index in [9.17, 15) is 31.9 Å². The number of ether oxygens (including phenoxy) is 2. The Morgan fingerprint density at radius 2 is 1.95 bits per heavy atom. The number of amides is 1. The van der Waals surface area contributed by atoms with E-state index in [4.69, 9.17) is 9.47 Å². The van der Waals surface area contributed by atoms with Crippen molar-refractivity contribution in [1.29, 1.82) is 0 Å². The van der Waals surface area contributed by atoms with Gasteiger partial charge in [0.1, 0.15) is 35.6 Å². The summed E-state index contributed by atoms with van der Waals surface area (Å²) in [6, 6.07) is 6.62. The van der Waals surface area contributed by atoms with Crippen LogP contribution in [0.2, 0.25) is 0 Å². The lowest BCUT2D eigenvalue weighted by atomic mass is 9.83. The van der Waals surface area contributed by atoms with Crippen LogP contribution in [-0.2, 0) is 16.9 Å². The summed E-state index contributed by atoms with van der Waals surface area (Å²) in [5.41, 5.74) is -1.83. The molecular weight excluding hydrogens is 522 g/mol. The van der Waals surface area contributed by atoms with E-state index in [0.717, 1.165) is 24.3 Å². The van der Waals surface area contributed by atoms with Crippen LogP contribution in [0.5, 0.6) is 5.75 Å². The minimum absolute atomic E-state index is 0.0353. The fourth-order valence-corrected chi connectivity index (χ4v) is 4.25. The van der Waals surface area contributed by atoms with Gasteiger partial charge in [-0.05, 0) is 37.3 Å². The molecule has 0 radical (unpaired) electrons. The first-order valence-corrected chi connectivity index (χ1v) is 11.3. The third-order valence-electron chi connectivity index (χ3n) is 6.20. The maximum Gasteiger partial charge on any atom is 0.340 e. The first-order valence-electron chi connectivity index (χ1n) is 11.3. The molecule has 3 atom stereocenters. The number of carbonyl (C=O) groups excluding carboxylic acids is 1. The first kappa shape index (κ1) is 27.4. The summed E-state index contributed by atoms with van der Waals surface area (Å²) in [6.45, 7) is -0.532. The predicted molar refractivity (Wildman–Crippen MR) is 119 cm³/mol. The zero-order valence-electron chi connectivity index (χ0n) is 19.8. The van der Waals surface area contributed by atoms with Crippen LogP contribution >= 0.6 is 0 Å². The standard InChI is InChI=1S/C24H22F6N4O4/c1-14-23(10-33-13-31-12-32-33,18-7-4-16(25)8-19(18)26)38-20(35)9-34(14)21(36)15-2-5-17(6-3-15)37-11-24(29,30)22(27)28/h2-8,12-14,20,22,35H,9-11H2,1H3/t14-,20?,23-/m1/s1. The van der Waals surface area contributed by atoms with Crippen LogP contribution in [0.25, 0.3) is 0 Å². The number of carbonyl (C=O) groups is 1. The molecule has 2 aromatic carbocycles. The van der Waals surface area contributed by atoms with Crippen molar-refractivity contribution in [2.75, 3.05) is 13.2 Å². The van der Waals surface area contributed by atoms with Crippen LogP contribution in [-0.4, -0.2) is 68.5 Å². The van der Waals surface area contributed by atoms with Crippen molar-refractivity contribution < 1.29 is 45.7 Å². The van der Waals surface area contributed by atoms with E-state index < -0.39 is 54.4 Å². The second-order valence-corrected chi connectivity index (χ2v) is 8.69. The molecule has 2 heterocycles. The molecule has 1 amide bonds. The van der Waals surface area contributed by atoms with Crippen LogP contribution in [0, 0.1) is 11.6 Å². The Balaban J connectivity index is 1.63. The highest BCUT2D eigenvalue weighted by Crippen LogP contribution is 2.40. The Bertz CT molecular complexity index is 1260. The van der Waals surface area contributed by atoms with E-state index in [1.807, 2.05) is 0 Å². The number of aliphatic hydroxyl groups excluding tert-OH is 1. The Morgan fingerprint density at radius 3 is 2.55 bits per heavy atom. The molecule has 1 aliphatic heterocycles. The van der Waals surface area contributed by atoms with Crippen LogP contribution in [0.3, 0.4) is 0 Å². The summed E-state index contributed by atoms with van der Waals surface area (Å²) < 4.78 is 91.6. The van der Waals surface area contributed by atoms with Gasteiger partial charge in [0.15, 0.2) is 12.9 Å². The van der Waals surface area contributed by atoms with Gasteiger partial charge in [-0.2, -0.15) is 13.9 Å². The van der Waals surface area contributed by atoms with Crippen LogP contribution < -0.4 is 4.74 Å². The van der Waals surface area contributed by atoms with Crippen molar-refractivity contribution in [1.82, 2.24) is 19.7 Å². The lowest BCUT2D eigenvalue weighted by molar-refractivity contribution is -0.255. The van der Waals surface area contributed by atoms with E-state index >= 15 is 4.39 Å². The van der Waals surface area contributed by atoms with E-state index in [-0.39, 0.29) is 30.0 Å². The molecule has 0 aliphatic carbocycles. The largest absolute Gasteiger partial charge is 0.487 e. The molecule has 1 N–H and O–H groups in total. The van der Waals surface area contributed by atoms with Gasteiger partial charge in [-0.3, -0.25) is 4.79 Å². The zero-order valence-corrected chi connectivity index (χ0v) is 19.8. The topological polar surface area (TPSA) is 89.7 Å². The molecule has 1 saturated heterocycles. The number of alkyl halides is 4. The van der Waals surface area contributed by atoms with Crippen molar-refractivity contribution in [3.05, 3.63) is 77.9 Å². The number of nitrogens with zero attached hydrogens (tertiary/aromatic N) is 4. The fraction of sp³-hybridized carbons (Fsp3) is 0.375. The van der Waals surface area contributed by atoms with E-state index in [2.05, 4.69) is 10.1 Å². The van der Waals surface area contributed by atoms with Crippen molar-refractivity contribution in [2.45, 2.75) is 43.7 Å². The molecule has 1 unspecified atom stereocenters. The Hall–Kier alpha value is -3.65. The SMILES string of the molecule is C[C@H]1N(C(=O)c2ccc(OCC(F)(F)C(F)F)cc2)CC(O)O[C@@]1(Cn1cncn1)c1ccc(F)cc1F. The van der Waals surface area contributed by atoms with Crippen molar-refractivity contribution >= 4 is 5.91 Å². The van der Waals surface area contributed by atoms with E-state index in [1.54, 1.807) is 6.92 Å². The zero-order chi connectivity index (χ0) is 27.7. The lowest BCUT2D eigenvalue weighted by Crippen LogP contribution is -2.63. The number of hydrogen-bond acceptors (Lipinski definition) is 6. The van der Waals surface area contributed by atoms with Gasteiger partial charge in [0.05, 0.1) is 19.1 Å². The van der Waals surface area contributed by atoms with Crippen LogP contribution in [0.1, 0.15) is 22.8 Å². The predicted octanol–water partition coefficient (Wildman–Crippen LogP) is 3.61. The third-order valence-corrected chi connectivity index (χ3v) is 6.20. The van der Waals surface area contributed by atoms with Crippen LogP contribution in [0.4, 0.5) is 26.3 Å². The van der Waals surface area contributed by atoms with Crippen molar-refractivity contribution in [2.24, 2.45) is 0 Å². The molecule has 1 aliphatic rings. The highest BCUT2D eigenvalue weighted by atomic mass is 19.3. The normalized spacial score (nSPS) is 22.1. The summed E-state index contributed by atoms with van der Waals surface area (Å²) in [6.07, 6.45) is -2.94. The number of morpholine rings is 1. The third kappa shape index (κ3) is 5.45. The second-order valence-electron chi connectivity index (χ2n) is 8.69. The van der Waals surface area contributed by atoms with Crippen molar-refractivity contribution in [3.8, 4) is 5.75 Å². The molecule has 3 aromatic rings. The summed E-state index contributed by atoms with van der Waals surface area (Å²) in [4.78, 5) is 18.5. The molecular formula is C24H22F6N4O4. The Morgan fingerprint density at radius 1 is 1.24 bits per heavy atom. The minimum Gasteiger partial charge on any atom is -0.487 e. The molecule has 0 bridgehead atoms. The molecule has 0 spiro atoms. The second kappa shape index (κ2) is 10.6. The summed E-state index contributed by atoms with van der Waals surface area (Å²) in [5, 5.41) is 14.6. The number of benzene rings is 2. The molecule has 4 rings (SSSR count). The van der Waals surface area contributed by atoms with Crippen LogP contribution in [0.15, 0.2) is 55.1 Å². The Labute approximate surface area is 212 Å². The number of rotatable bonds is 8. The molecule has 14 heteroatoms. The van der Waals surface area contributed by atoms with Gasteiger partial charge in [-0.25, -0.2) is 27.2 Å². The highest BCUT2D eigenvalue weighted by molar-refractivity contribution is 5.94. The fourth-order valence-electron chi connectivity index (χ4n) is 4.25. The van der Waals surface area contributed by atoms with E-state index in [0.29, 0.717) is 6.07 Å². The van der Waals surface area contributed by atoms with E-state index in [1.165, 1.54) is 34.4 Å². The number of aliphatic hydroxyl groups is 1. The summed E-state index contributed by atoms with van der Waals surface area (Å²) in [5.74, 6) is -6.98. The molecule has 8 nitrogen and oxygen atoms in total. The molecule has 1 aromatic heterocycles. The average Bonchev–Trinajstić information content (AvgIpc) is 3.37. The maximum atomic E-state index is 15.0. The molecule has 1 fully saturated rings. The first-order chi connectivity index (χ1) is 17.9. The lowest BCUT2D eigenvalue weighted by Gasteiger charge is -2.50. The van der Waals surface area contributed by atoms with Gasteiger partial charge in [-0.1, -0.05) is 6.07 Å². The number of hydrogen-bond donors (Lipinski definition) is 1. The van der Waals surface area contributed by atoms with Gasteiger partial charge in [0.2, 0.25) is 0 Å². The average molecular weight is 544 g/mol. The van der Waals surface area contributed by atoms with Gasteiger partial charge in [0, 0.05) is 17.2 Å².